The Bertz CT molecular complexity index is 463. The molecule has 0 aliphatic carbocycles. The minimum Gasteiger partial charge on any atom is -0.396 e. The predicted molar refractivity (Wildman–Crippen MR) is 60.2 cm³/mol. The maximum atomic E-state index is 8.80. The number of hydrogen-bond donors (Lipinski definition) is 1. The summed E-state index contributed by atoms with van der Waals surface area (Å²) >= 11 is 0. The van der Waals surface area contributed by atoms with Crippen molar-refractivity contribution in [3.8, 4) is 0 Å². The zero-order valence-corrected chi connectivity index (χ0v) is 9.82. The van der Waals surface area contributed by atoms with E-state index < -0.39 is 0 Å². The van der Waals surface area contributed by atoms with Crippen LogP contribution in [0.15, 0.2) is 12.5 Å². The largest absolute Gasteiger partial charge is 0.396 e. The van der Waals surface area contributed by atoms with E-state index in [0.29, 0.717) is 13.0 Å². The molecule has 0 bridgehead atoms. The molecule has 7 heteroatoms. The van der Waals surface area contributed by atoms with Crippen LogP contribution in [0.25, 0.3) is 0 Å². The lowest BCUT2D eigenvalue weighted by Crippen LogP contribution is -2.10. The third-order valence-electron chi connectivity index (χ3n) is 2.39. The van der Waals surface area contributed by atoms with Gasteiger partial charge < -0.3 is 5.11 Å². The third-order valence-corrected chi connectivity index (χ3v) is 2.39. The minimum absolute atomic E-state index is 0.0880. The van der Waals surface area contributed by atoms with Gasteiger partial charge in [0.2, 0.25) is 0 Å². The highest BCUT2D eigenvalue weighted by atomic mass is 16.3. The summed E-state index contributed by atoms with van der Waals surface area (Å²) in [5.41, 5.74) is 0.786. The first-order valence-electron chi connectivity index (χ1n) is 5.70. The van der Waals surface area contributed by atoms with Crippen molar-refractivity contribution in [2.45, 2.75) is 32.9 Å². The molecule has 0 fully saturated rings. The van der Waals surface area contributed by atoms with Crippen molar-refractivity contribution in [2.24, 2.45) is 0 Å². The van der Waals surface area contributed by atoms with Crippen LogP contribution in [-0.2, 0) is 19.5 Å². The predicted octanol–water partition coefficient (Wildman–Crippen LogP) is -0.137. The van der Waals surface area contributed by atoms with Crippen molar-refractivity contribution in [3.63, 3.8) is 0 Å². The lowest BCUT2D eigenvalue weighted by molar-refractivity contribution is 0.298. The molecular formula is C10H16N6O. The van der Waals surface area contributed by atoms with Crippen LogP contribution in [0.4, 0.5) is 0 Å². The summed E-state index contributed by atoms with van der Waals surface area (Å²) in [4.78, 5) is 4.20. The molecule has 0 spiro atoms. The molecule has 0 unspecified atom stereocenters. The quantitative estimate of drug-likeness (QED) is 0.755. The van der Waals surface area contributed by atoms with Crippen LogP contribution in [0.5, 0.6) is 0 Å². The van der Waals surface area contributed by atoms with Crippen LogP contribution >= 0.6 is 0 Å². The number of aliphatic hydroxyl groups is 1. The Morgan fingerprint density at radius 1 is 1.41 bits per heavy atom. The standard InChI is InChI=1S/C10H16N6O/c1-2-4-16-10(11-8-12-16)7-15-6-9(3-5-17)13-14-15/h6,8,17H,2-5,7H2,1H3. The highest BCUT2D eigenvalue weighted by molar-refractivity contribution is 4.94. The van der Waals surface area contributed by atoms with Crippen LogP contribution in [-0.4, -0.2) is 41.5 Å². The van der Waals surface area contributed by atoms with Gasteiger partial charge >= 0.3 is 0 Å². The van der Waals surface area contributed by atoms with Crippen LogP contribution in [0.3, 0.4) is 0 Å². The first kappa shape index (κ1) is 11.7. The number of hydrogen-bond acceptors (Lipinski definition) is 5. The summed E-state index contributed by atoms with van der Waals surface area (Å²) < 4.78 is 3.58. The van der Waals surface area contributed by atoms with E-state index in [1.807, 2.05) is 10.9 Å². The first-order chi connectivity index (χ1) is 8.33. The van der Waals surface area contributed by atoms with Gasteiger partial charge in [0.05, 0.1) is 5.69 Å². The maximum absolute atomic E-state index is 8.80. The average molecular weight is 236 g/mol. The fourth-order valence-electron chi connectivity index (χ4n) is 1.60. The zero-order valence-electron chi connectivity index (χ0n) is 9.82. The Hall–Kier alpha value is -1.76. The van der Waals surface area contributed by atoms with E-state index in [9.17, 15) is 0 Å². The first-order valence-corrected chi connectivity index (χ1v) is 5.70. The average Bonchev–Trinajstić information content (AvgIpc) is 2.91. The second kappa shape index (κ2) is 5.53. The van der Waals surface area contributed by atoms with Crippen molar-refractivity contribution in [1.82, 2.24) is 29.8 Å². The molecule has 7 nitrogen and oxygen atoms in total. The highest BCUT2D eigenvalue weighted by Crippen LogP contribution is 2.00. The van der Waals surface area contributed by atoms with Gasteiger partial charge in [-0.2, -0.15) is 5.10 Å². The Morgan fingerprint density at radius 2 is 2.29 bits per heavy atom. The molecule has 2 aromatic heterocycles. The summed E-state index contributed by atoms with van der Waals surface area (Å²) in [6.45, 7) is 3.59. The molecule has 1 N–H and O–H groups in total. The van der Waals surface area contributed by atoms with Crippen LogP contribution in [0.1, 0.15) is 24.9 Å². The molecule has 0 amide bonds. The molecule has 0 aliphatic heterocycles. The van der Waals surface area contributed by atoms with E-state index in [4.69, 9.17) is 5.11 Å². The monoisotopic (exact) mass is 236 g/mol. The topological polar surface area (TPSA) is 81.7 Å². The molecule has 2 rings (SSSR count). The lowest BCUT2D eigenvalue weighted by atomic mass is 10.3. The highest BCUT2D eigenvalue weighted by Gasteiger charge is 2.06. The van der Waals surface area contributed by atoms with Gasteiger partial charge in [0, 0.05) is 25.8 Å². The van der Waals surface area contributed by atoms with Gasteiger partial charge in [-0.15, -0.1) is 5.10 Å². The molecule has 2 aromatic rings. The van der Waals surface area contributed by atoms with Crippen LogP contribution in [0, 0.1) is 0 Å². The van der Waals surface area contributed by atoms with E-state index in [0.717, 1.165) is 24.5 Å². The smallest absolute Gasteiger partial charge is 0.148 e. The summed E-state index contributed by atoms with van der Waals surface area (Å²) in [7, 11) is 0. The molecule has 17 heavy (non-hydrogen) atoms. The normalized spacial score (nSPS) is 10.9. The Balaban J connectivity index is 2.05. The van der Waals surface area contributed by atoms with E-state index in [-0.39, 0.29) is 6.61 Å². The number of nitrogens with zero attached hydrogens (tertiary/aromatic N) is 6. The van der Waals surface area contributed by atoms with Gasteiger partial charge in [-0.1, -0.05) is 12.1 Å². The Kier molecular flexibility index (Phi) is 3.81. The minimum atomic E-state index is 0.0880. The second-order valence-corrected chi connectivity index (χ2v) is 3.78. The maximum Gasteiger partial charge on any atom is 0.148 e. The van der Waals surface area contributed by atoms with Gasteiger partial charge in [-0.25, -0.2) is 14.3 Å². The number of aromatic nitrogens is 6. The number of aliphatic hydroxyl groups excluding tert-OH is 1. The zero-order chi connectivity index (χ0) is 12.1. The molecule has 0 radical (unpaired) electrons. The molecule has 0 atom stereocenters. The summed E-state index contributed by atoms with van der Waals surface area (Å²) in [5.74, 6) is 0.868. The van der Waals surface area contributed by atoms with Gasteiger partial charge in [-0.3, -0.25) is 0 Å². The fourth-order valence-corrected chi connectivity index (χ4v) is 1.60. The lowest BCUT2D eigenvalue weighted by Gasteiger charge is -2.03. The summed E-state index contributed by atoms with van der Waals surface area (Å²) in [5, 5.41) is 20.9. The van der Waals surface area contributed by atoms with E-state index in [2.05, 4.69) is 27.3 Å². The Morgan fingerprint density at radius 3 is 3.06 bits per heavy atom. The molecule has 92 valence electrons. The van der Waals surface area contributed by atoms with Crippen LogP contribution < -0.4 is 0 Å². The SMILES string of the molecule is CCCn1ncnc1Cn1cc(CCO)nn1. The van der Waals surface area contributed by atoms with E-state index >= 15 is 0 Å². The molecule has 0 saturated carbocycles. The molecule has 0 aromatic carbocycles. The van der Waals surface area contributed by atoms with E-state index in [1.165, 1.54) is 0 Å². The van der Waals surface area contributed by atoms with Crippen molar-refractivity contribution in [2.75, 3.05) is 6.61 Å². The van der Waals surface area contributed by atoms with Gasteiger partial charge in [0.15, 0.2) is 0 Å². The van der Waals surface area contributed by atoms with Crippen molar-refractivity contribution in [3.05, 3.63) is 24.0 Å². The van der Waals surface area contributed by atoms with Crippen molar-refractivity contribution < 1.29 is 5.11 Å². The van der Waals surface area contributed by atoms with Crippen molar-refractivity contribution in [1.29, 1.82) is 0 Å². The third kappa shape index (κ3) is 2.88. The Labute approximate surface area is 99.1 Å². The fraction of sp³-hybridized carbons (Fsp3) is 0.600. The molecule has 0 saturated heterocycles. The molecule has 2 heterocycles. The molecular weight excluding hydrogens is 220 g/mol. The second-order valence-electron chi connectivity index (χ2n) is 3.78. The van der Waals surface area contributed by atoms with Gasteiger partial charge in [0.1, 0.15) is 18.7 Å². The number of rotatable bonds is 6. The summed E-state index contributed by atoms with van der Waals surface area (Å²) in [6, 6.07) is 0. The van der Waals surface area contributed by atoms with Crippen LogP contribution in [0.2, 0.25) is 0 Å². The van der Waals surface area contributed by atoms with E-state index in [1.54, 1.807) is 11.0 Å². The number of aryl methyl sites for hydroxylation is 1. The van der Waals surface area contributed by atoms with Gasteiger partial charge in [0.25, 0.3) is 0 Å². The van der Waals surface area contributed by atoms with Gasteiger partial charge in [-0.05, 0) is 6.42 Å². The molecule has 0 aliphatic rings. The van der Waals surface area contributed by atoms with Crippen molar-refractivity contribution >= 4 is 0 Å². The summed E-state index contributed by atoms with van der Waals surface area (Å²) in [6.07, 6.45) is 4.92.